The smallest absolute Gasteiger partial charge is 0.346 e. The van der Waals surface area contributed by atoms with E-state index >= 15 is 0 Å². The number of urea groups is 1. The van der Waals surface area contributed by atoms with Crippen LogP contribution in [0.2, 0.25) is 0 Å². The average Bonchev–Trinajstić information content (AvgIpc) is 2.56. The minimum Gasteiger partial charge on any atom is -0.385 e. The molecule has 2 heterocycles. The number of carbonyl (C=O) groups excluding carboxylic acids is 1. The number of halogens is 2. The van der Waals surface area contributed by atoms with E-state index in [1.165, 1.54) is 4.90 Å². The van der Waals surface area contributed by atoms with Gasteiger partial charge in [-0.15, -0.1) is 6.58 Å². The highest BCUT2D eigenvalue weighted by Crippen LogP contribution is 2.31. The van der Waals surface area contributed by atoms with E-state index in [1.54, 1.807) is 12.3 Å². The Labute approximate surface area is 121 Å². The molecular formula is C11H10Br2N4O. The zero-order valence-electron chi connectivity index (χ0n) is 9.31. The van der Waals surface area contributed by atoms with Crippen LogP contribution in [-0.4, -0.2) is 28.3 Å². The number of carbonyl (C=O) groups is 1. The summed E-state index contributed by atoms with van der Waals surface area (Å²) in [6.07, 6.45) is 3.29. The molecule has 0 radical (unpaired) electrons. The standard InChI is InChI=1S/C11H10Br2N4O/c1-2-3-17-9(10(14)16-11(17)18)8-7(13)4-6(12)5-15-8/h2,4-5,9H,1,3H2,(H2,14,16,18). The molecule has 0 spiro atoms. The van der Waals surface area contributed by atoms with Gasteiger partial charge in [-0.25, -0.2) is 4.79 Å². The highest BCUT2D eigenvalue weighted by Gasteiger charge is 2.35. The van der Waals surface area contributed by atoms with Crippen molar-refractivity contribution in [2.75, 3.05) is 6.54 Å². The lowest BCUT2D eigenvalue weighted by Gasteiger charge is -2.23. The second-order valence-electron chi connectivity index (χ2n) is 3.68. The molecule has 2 N–H and O–H groups in total. The van der Waals surface area contributed by atoms with Crippen molar-refractivity contribution in [1.82, 2.24) is 9.88 Å². The van der Waals surface area contributed by atoms with Gasteiger partial charge >= 0.3 is 6.03 Å². The predicted molar refractivity (Wildman–Crippen MR) is 76.3 cm³/mol. The van der Waals surface area contributed by atoms with Crippen LogP contribution in [0.5, 0.6) is 0 Å². The first kappa shape index (κ1) is 13.2. The first-order valence-corrected chi connectivity index (χ1v) is 6.69. The lowest BCUT2D eigenvalue weighted by molar-refractivity contribution is 0.212. The van der Waals surface area contributed by atoms with Crippen LogP contribution in [0, 0.1) is 0 Å². The molecular weight excluding hydrogens is 364 g/mol. The normalized spacial score (nSPS) is 19.0. The molecule has 1 aromatic heterocycles. The summed E-state index contributed by atoms with van der Waals surface area (Å²) < 4.78 is 1.61. The van der Waals surface area contributed by atoms with Gasteiger partial charge in [0.1, 0.15) is 11.9 Å². The summed E-state index contributed by atoms with van der Waals surface area (Å²) in [5.74, 6) is 0.248. The lowest BCUT2D eigenvalue weighted by Crippen LogP contribution is -2.34. The van der Waals surface area contributed by atoms with Gasteiger partial charge in [0.05, 0.1) is 5.69 Å². The highest BCUT2D eigenvalue weighted by atomic mass is 79.9. The molecule has 1 aromatic rings. The van der Waals surface area contributed by atoms with E-state index in [4.69, 9.17) is 5.73 Å². The SMILES string of the molecule is C=CCN1C(=O)N=C(N)C1c1ncc(Br)cc1Br. The number of nitrogens with two attached hydrogens (primary N) is 1. The van der Waals surface area contributed by atoms with Gasteiger partial charge in [-0.1, -0.05) is 6.08 Å². The summed E-state index contributed by atoms with van der Waals surface area (Å²) in [4.78, 5) is 21.3. The molecule has 0 aliphatic carbocycles. The van der Waals surface area contributed by atoms with Crippen molar-refractivity contribution in [3.8, 4) is 0 Å². The Morgan fingerprint density at radius 1 is 1.56 bits per heavy atom. The first-order chi connectivity index (χ1) is 8.54. The molecule has 18 heavy (non-hydrogen) atoms. The fourth-order valence-electron chi connectivity index (χ4n) is 1.74. The molecule has 0 saturated heterocycles. The van der Waals surface area contributed by atoms with Crippen LogP contribution in [-0.2, 0) is 0 Å². The van der Waals surface area contributed by atoms with Gasteiger partial charge in [-0.05, 0) is 37.9 Å². The number of aliphatic imine (C=N–C) groups is 1. The Bertz CT molecular complexity index is 544. The number of rotatable bonds is 3. The Balaban J connectivity index is 2.44. The van der Waals surface area contributed by atoms with E-state index < -0.39 is 6.04 Å². The Kier molecular flexibility index (Phi) is 3.82. The zero-order chi connectivity index (χ0) is 13.3. The second kappa shape index (κ2) is 5.19. The van der Waals surface area contributed by atoms with E-state index in [1.807, 2.05) is 6.07 Å². The van der Waals surface area contributed by atoms with Crippen molar-refractivity contribution in [3.63, 3.8) is 0 Å². The lowest BCUT2D eigenvalue weighted by atomic mass is 10.1. The van der Waals surface area contributed by atoms with E-state index in [9.17, 15) is 4.79 Å². The van der Waals surface area contributed by atoms with Crippen LogP contribution in [0.1, 0.15) is 11.7 Å². The Morgan fingerprint density at radius 3 is 2.89 bits per heavy atom. The van der Waals surface area contributed by atoms with Crippen molar-refractivity contribution >= 4 is 43.7 Å². The fraction of sp³-hybridized carbons (Fsp3) is 0.182. The maximum absolute atomic E-state index is 11.7. The van der Waals surface area contributed by atoms with Gasteiger partial charge in [0.15, 0.2) is 0 Å². The van der Waals surface area contributed by atoms with Crippen molar-refractivity contribution in [2.24, 2.45) is 10.7 Å². The average molecular weight is 374 g/mol. The summed E-state index contributed by atoms with van der Waals surface area (Å²) in [7, 11) is 0. The second-order valence-corrected chi connectivity index (χ2v) is 5.45. The number of hydrogen-bond donors (Lipinski definition) is 1. The van der Waals surface area contributed by atoms with Crippen molar-refractivity contribution < 1.29 is 4.79 Å². The minimum atomic E-state index is -0.446. The predicted octanol–water partition coefficient (Wildman–Crippen LogP) is 2.63. The molecule has 2 amide bonds. The Morgan fingerprint density at radius 2 is 2.28 bits per heavy atom. The number of amidine groups is 1. The molecule has 0 saturated carbocycles. The number of nitrogens with zero attached hydrogens (tertiary/aromatic N) is 3. The van der Waals surface area contributed by atoms with Crippen LogP contribution in [0.4, 0.5) is 4.79 Å². The number of amides is 2. The van der Waals surface area contributed by atoms with Crippen molar-refractivity contribution in [3.05, 3.63) is 39.6 Å². The summed E-state index contributed by atoms with van der Waals surface area (Å²) in [6, 6.07) is 1.04. The summed E-state index contributed by atoms with van der Waals surface area (Å²) >= 11 is 6.74. The van der Waals surface area contributed by atoms with Gasteiger partial charge < -0.3 is 10.6 Å². The van der Waals surface area contributed by atoms with Gasteiger partial charge in [0, 0.05) is 21.7 Å². The molecule has 0 fully saturated rings. The number of aromatic nitrogens is 1. The molecule has 1 aliphatic rings. The van der Waals surface area contributed by atoms with Gasteiger partial charge in [0.2, 0.25) is 0 Å². The van der Waals surface area contributed by atoms with Gasteiger partial charge in [-0.3, -0.25) is 4.98 Å². The van der Waals surface area contributed by atoms with Gasteiger partial charge in [0.25, 0.3) is 0 Å². The summed E-state index contributed by atoms with van der Waals surface area (Å²) in [5, 5.41) is 0. The minimum absolute atomic E-state index is 0.248. The third kappa shape index (κ3) is 2.32. The summed E-state index contributed by atoms with van der Waals surface area (Å²) in [6.45, 7) is 4.00. The molecule has 5 nitrogen and oxygen atoms in total. The molecule has 2 rings (SSSR count). The third-order valence-electron chi connectivity index (χ3n) is 2.48. The van der Waals surface area contributed by atoms with Crippen LogP contribution < -0.4 is 5.73 Å². The van der Waals surface area contributed by atoms with Crippen LogP contribution >= 0.6 is 31.9 Å². The maximum Gasteiger partial charge on any atom is 0.346 e. The highest BCUT2D eigenvalue weighted by molar-refractivity contribution is 9.11. The van der Waals surface area contributed by atoms with Crippen LogP contribution in [0.25, 0.3) is 0 Å². The molecule has 0 bridgehead atoms. The third-order valence-corrected chi connectivity index (χ3v) is 3.55. The van der Waals surface area contributed by atoms with Crippen LogP contribution in [0.15, 0.2) is 38.9 Å². The van der Waals surface area contributed by atoms with E-state index in [2.05, 4.69) is 48.4 Å². The molecule has 94 valence electrons. The molecule has 1 unspecified atom stereocenters. The molecule has 1 aliphatic heterocycles. The van der Waals surface area contributed by atoms with Crippen molar-refractivity contribution in [2.45, 2.75) is 6.04 Å². The largest absolute Gasteiger partial charge is 0.385 e. The molecule has 0 aromatic carbocycles. The van der Waals surface area contributed by atoms with Crippen molar-refractivity contribution in [1.29, 1.82) is 0 Å². The molecule has 1 atom stereocenters. The van der Waals surface area contributed by atoms with E-state index in [-0.39, 0.29) is 11.9 Å². The van der Waals surface area contributed by atoms with E-state index in [0.29, 0.717) is 12.2 Å². The topological polar surface area (TPSA) is 71.6 Å². The Hall–Kier alpha value is -1.21. The number of pyridine rings is 1. The molecule has 7 heteroatoms. The zero-order valence-corrected chi connectivity index (χ0v) is 12.5. The monoisotopic (exact) mass is 372 g/mol. The van der Waals surface area contributed by atoms with E-state index in [0.717, 1.165) is 8.95 Å². The number of hydrogen-bond acceptors (Lipinski definition) is 3. The van der Waals surface area contributed by atoms with Gasteiger partial charge in [-0.2, -0.15) is 4.99 Å². The quantitative estimate of drug-likeness (QED) is 0.827. The first-order valence-electron chi connectivity index (χ1n) is 5.11. The fourth-order valence-corrected chi connectivity index (χ4v) is 2.95. The van der Waals surface area contributed by atoms with Crippen LogP contribution in [0.3, 0.4) is 0 Å². The maximum atomic E-state index is 11.7. The summed E-state index contributed by atoms with van der Waals surface area (Å²) in [5.41, 5.74) is 6.47.